The van der Waals surface area contributed by atoms with Crippen LogP contribution in [0.1, 0.15) is 0 Å². The van der Waals surface area contributed by atoms with E-state index in [9.17, 15) is 28.7 Å². The quantitative estimate of drug-likeness (QED) is 0.334. The number of aliphatic hydroxyl groups is 1. The van der Waals surface area contributed by atoms with E-state index in [1.54, 1.807) is 0 Å². The minimum atomic E-state index is -5.35. The maximum absolute atomic E-state index is 9.98. The third kappa shape index (κ3) is 27.6. The Morgan fingerprint density at radius 2 is 1.33 bits per heavy atom. The van der Waals surface area contributed by atoms with Gasteiger partial charge in [-0.3, -0.25) is 0 Å². The standard InChI is InChI=1S/C3H10O9P2.4K/c4-1-3(12-14(8,9)10)2-11-13(5,6)7;;;;/h3-4H,1-2H2,(H2,5,6,7)(H2,8,9,10);;;;/q;4*+1/p-4. The maximum Gasteiger partial charge on any atom is 1.00 e. The molecular formula is C3H6K4O9P2. The molecule has 0 aliphatic heterocycles. The smallest absolute Gasteiger partial charge is 0.790 e. The number of rotatable bonds is 6. The maximum atomic E-state index is 9.98. The van der Waals surface area contributed by atoms with Crippen LogP contribution in [0, 0.1) is 0 Å². The summed E-state index contributed by atoms with van der Waals surface area (Å²) < 4.78 is 27.1. The molecule has 1 atom stereocenters. The summed E-state index contributed by atoms with van der Waals surface area (Å²) in [5.74, 6) is 0. The van der Waals surface area contributed by atoms with E-state index in [4.69, 9.17) is 5.11 Å². The van der Waals surface area contributed by atoms with Crippen LogP contribution in [-0.2, 0) is 18.2 Å². The number of hydrogen-bond donors (Lipinski definition) is 1. The summed E-state index contributed by atoms with van der Waals surface area (Å²) in [6.07, 6.45) is -1.70. The molecule has 0 heterocycles. The molecule has 0 aromatic heterocycles. The molecule has 9 nitrogen and oxygen atoms in total. The van der Waals surface area contributed by atoms with Gasteiger partial charge in [0, 0.05) is 0 Å². The van der Waals surface area contributed by atoms with Gasteiger partial charge < -0.3 is 42.9 Å². The third-order valence-electron chi connectivity index (χ3n) is 0.900. The summed E-state index contributed by atoms with van der Waals surface area (Å²) in [6.45, 7) is -2.01. The van der Waals surface area contributed by atoms with Crippen LogP contribution in [0.2, 0.25) is 0 Å². The zero-order chi connectivity index (χ0) is 11.4. The molecule has 0 rings (SSSR count). The molecule has 0 aliphatic rings. The van der Waals surface area contributed by atoms with Crippen LogP contribution < -0.4 is 225 Å². The summed E-state index contributed by atoms with van der Waals surface area (Å²) in [7, 11) is -10.6. The van der Waals surface area contributed by atoms with Gasteiger partial charge in [0.05, 0.1) is 28.9 Å². The fraction of sp³-hybridized carbons (Fsp3) is 1.00. The summed E-state index contributed by atoms with van der Waals surface area (Å²) in [5.41, 5.74) is 0. The Balaban J connectivity index is -0.000000141. The molecule has 18 heavy (non-hydrogen) atoms. The van der Waals surface area contributed by atoms with E-state index in [0.29, 0.717) is 0 Å². The van der Waals surface area contributed by atoms with Crippen LogP contribution in [0.3, 0.4) is 0 Å². The molecule has 0 fully saturated rings. The molecule has 15 heteroatoms. The van der Waals surface area contributed by atoms with Crippen molar-refractivity contribution in [3.63, 3.8) is 0 Å². The number of hydrogen-bond acceptors (Lipinski definition) is 9. The van der Waals surface area contributed by atoms with Crippen LogP contribution in [0.4, 0.5) is 0 Å². The van der Waals surface area contributed by atoms with E-state index >= 15 is 0 Å². The fourth-order valence-electron chi connectivity index (χ4n) is 0.473. The Morgan fingerprint density at radius 1 is 0.944 bits per heavy atom. The van der Waals surface area contributed by atoms with Gasteiger partial charge in [-0.1, -0.05) is 0 Å². The van der Waals surface area contributed by atoms with Crippen molar-refractivity contribution in [1.29, 1.82) is 0 Å². The van der Waals surface area contributed by atoms with Crippen LogP contribution in [0.5, 0.6) is 0 Å². The Kier molecular flexibility index (Phi) is 36.8. The number of phosphoric acid groups is 2. The molecule has 0 amide bonds. The predicted molar refractivity (Wildman–Crippen MR) is 33.1 cm³/mol. The summed E-state index contributed by atoms with van der Waals surface area (Å²) in [5, 5.41) is 8.39. The van der Waals surface area contributed by atoms with Gasteiger partial charge >= 0.3 is 206 Å². The molecule has 0 aromatic rings. The summed E-state index contributed by atoms with van der Waals surface area (Å²) in [6, 6.07) is 0. The zero-order valence-electron chi connectivity index (χ0n) is 10.6. The van der Waals surface area contributed by atoms with E-state index in [2.05, 4.69) is 9.05 Å². The van der Waals surface area contributed by atoms with Crippen molar-refractivity contribution in [2.75, 3.05) is 13.2 Å². The van der Waals surface area contributed by atoms with Crippen molar-refractivity contribution in [3.05, 3.63) is 0 Å². The van der Waals surface area contributed by atoms with Crippen molar-refractivity contribution in [2.24, 2.45) is 0 Å². The average Bonchev–Trinajstić information content (AvgIpc) is 1.94. The number of aliphatic hydroxyl groups excluding tert-OH is 1. The van der Waals surface area contributed by atoms with E-state index in [-0.39, 0.29) is 206 Å². The topological polar surface area (TPSA) is 165 Å². The van der Waals surface area contributed by atoms with Gasteiger partial charge in [-0.15, -0.1) is 0 Å². The molecule has 0 saturated heterocycles. The minimum absolute atomic E-state index is 0. The number of phosphoric ester groups is 2. The predicted octanol–water partition coefficient (Wildman–Crippen LogP) is -15.9. The molecule has 86 valence electrons. The molecule has 0 spiro atoms. The SMILES string of the molecule is O=P([O-])([O-])OCC(CO)OP(=O)([O-])[O-].[K+].[K+].[K+].[K+]. The van der Waals surface area contributed by atoms with Gasteiger partial charge in [0.25, 0.3) is 0 Å². The largest absolute Gasteiger partial charge is 1.00 e. The van der Waals surface area contributed by atoms with Crippen LogP contribution in [-0.4, -0.2) is 24.4 Å². The van der Waals surface area contributed by atoms with Gasteiger partial charge in [0.2, 0.25) is 0 Å². The van der Waals surface area contributed by atoms with Crippen molar-refractivity contribution in [2.45, 2.75) is 6.10 Å². The second kappa shape index (κ2) is 18.5. The molecule has 0 bridgehead atoms. The second-order valence-electron chi connectivity index (χ2n) is 2.10. The average molecular weight is 404 g/mol. The first-order valence-electron chi connectivity index (χ1n) is 3.12. The molecule has 0 saturated carbocycles. The summed E-state index contributed by atoms with van der Waals surface area (Å²) >= 11 is 0. The van der Waals surface area contributed by atoms with Crippen LogP contribution in [0.25, 0.3) is 0 Å². The first kappa shape index (κ1) is 35.8. The first-order valence-corrected chi connectivity index (χ1v) is 6.04. The minimum Gasteiger partial charge on any atom is -0.790 e. The Labute approximate surface area is 274 Å². The monoisotopic (exact) mass is 404 g/mol. The molecular weight excluding hydrogens is 398 g/mol. The molecule has 0 aromatic carbocycles. The Morgan fingerprint density at radius 3 is 1.56 bits per heavy atom. The van der Waals surface area contributed by atoms with Gasteiger partial charge in [-0.05, 0) is 0 Å². The summed E-state index contributed by atoms with van der Waals surface area (Å²) in [4.78, 5) is 39.8. The zero-order valence-corrected chi connectivity index (χ0v) is 24.9. The van der Waals surface area contributed by atoms with Gasteiger partial charge in [0.1, 0.15) is 6.10 Å². The molecule has 0 radical (unpaired) electrons. The van der Waals surface area contributed by atoms with Crippen LogP contribution in [0.15, 0.2) is 0 Å². The normalized spacial score (nSPS) is 12.1. The van der Waals surface area contributed by atoms with Gasteiger partial charge in [-0.2, -0.15) is 0 Å². The second-order valence-corrected chi connectivity index (χ2v) is 4.36. The van der Waals surface area contributed by atoms with Crippen molar-refractivity contribution in [3.8, 4) is 0 Å². The van der Waals surface area contributed by atoms with Crippen LogP contribution >= 0.6 is 15.6 Å². The van der Waals surface area contributed by atoms with E-state index in [1.165, 1.54) is 0 Å². The van der Waals surface area contributed by atoms with Crippen molar-refractivity contribution < 1.29 is 248 Å². The fourth-order valence-corrected chi connectivity index (χ4v) is 1.31. The Hall–Kier alpha value is 6.73. The molecule has 1 N–H and O–H groups in total. The molecule has 1 unspecified atom stereocenters. The first-order chi connectivity index (χ1) is 6.14. The van der Waals surface area contributed by atoms with E-state index in [1.807, 2.05) is 0 Å². The van der Waals surface area contributed by atoms with Crippen molar-refractivity contribution in [1.82, 2.24) is 0 Å². The van der Waals surface area contributed by atoms with Gasteiger partial charge in [0.15, 0.2) is 0 Å². The van der Waals surface area contributed by atoms with Crippen molar-refractivity contribution >= 4 is 15.6 Å². The van der Waals surface area contributed by atoms with E-state index < -0.39 is 35.0 Å². The third-order valence-corrected chi connectivity index (χ3v) is 1.92. The Bertz CT molecular complexity index is 265. The molecule has 0 aliphatic carbocycles. The van der Waals surface area contributed by atoms with Gasteiger partial charge in [-0.25, -0.2) is 0 Å². The van der Waals surface area contributed by atoms with E-state index in [0.717, 1.165) is 0 Å².